The van der Waals surface area contributed by atoms with Crippen molar-refractivity contribution in [3.05, 3.63) is 65.4 Å². The van der Waals surface area contributed by atoms with Gasteiger partial charge in [0.05, 0.1) is 41.1 Å². The zero-order valence-corrected chi connectivity index (χ0v) is 19.4. The fourth-order valence-electron chi connectivity index (χ4n) is 4.70. The third kappa shape index (κ3) is 3.25. The topological polar surface area (TPSA) is 72.8 Å². The number of sulfonamides is 1. The molecule has 0 amide bonds. The van der Waals surface area contributed by atoms with E-state index in [0.29, 0.717) is 31.7 Å². The minimum absolute atomic E-state index is 0.175. The van der Waals surface area contributed by atoms with Gasteiger partial charge in [-0.2, -0.15) is 4.31 Å². The molecule has 3 aromatic rings. The molecule has 0 radical (unpaired) electrons. The van der Waals surface area contributed by atoms with Crippen molar-refractivity contribution in [2.24, 2.45) is 0 Å². The number of nitrogens with one attached hydrogen (secondary N) is 1. The van der Waals surface area contributed by atoms with Crippen molar-refractivity contribution in [3.63, 3.8) is 0 Å². The number of aromatic nitrogens is 1. The molecule has 1 N–H and O–H groups in total. The highest BCUT2D eigenvalue weighted by Crippen LogP contribution is 2.45. The molecule has 5 rings (SSSR count). The third-order valence-corrected chi connectivity index (χ3v) is 8.60. The van der Waals surface area contributed by atoms with Crippen LogP contribution in [-0.4, -0.2) is 44.6 Å². The third-order valence-electron chi connectivity index (χ3n) is 6.41. The van der Waals surface area contributed by atoms with Crippen LogP contribution in [0.25, 0.3) is 5.69 Å². The van der Waals surface area contributed by atoms with Gasteiger partial charge in [0.1, 0.15) is 11.5 Å². The van der Waals surface area contributed by atoms with Crippen molar-refractivity contribution in [1.29, 1.82) is 0 Å². The Balaban J connectivity index is 1.43. The summed E-state index contributed by atoms with van der Waals surface area (Å²) in [6, 6.07) is 14.7. The Morgan fingerprint density at radius 1 is 1.03 bits per heavy atom. The molecule has 1 saturated heterocycles. The molecule has 168 valence electrons. The van der Waals surface area contributed by atoms with Crippen LogP contribution in [0.5, 0.6) is 11.5 Å². The van der Waals surface area contributed by atoms with E-state index in [2.05, 4.69) is 16.0 Å². The number of hydrogen-bond donors (Lipinski definition) is 1. The zero-order chi connectivity index (χ0) is 22.5. The van der Waals surface area contributed by atoms with Crippen molar-refractivity contribution in [1.82, 2.24) is 8.87 Å². The highest BCUT2D eigenvalue weighted by Gasteiger charge is 2.44. The van der Waals surface area contributed by atoms with Gasteiger partial charge in [0, 0.05) is 31.0 Å². The van der Waals surface area contributed by atoms with E-state index in [9.17, 15) is 8.42 Å². The first kappa shape index (κ1) is 21.2. The lowest BCUT2D eigenvalue weighted by Crippen LogP contribution is -2.50. The first-order valence-corrected chi connectivity index (χ1v) is 12.2. The zero-order valence-electron chi connectivity index (χ0n) is 17.8. The van der Waals surface area contributed by atoms with Gasteiger partial charge in [-0.05, 0) is 55.3 Å². The summed E-state index contributed by atoms with van der Waals surface area (Å²) in [5.41, 5.74) is 2.82. The highest BCUT2D eigenvalue weighted by atomic mass is 35.5. The Kier molecular flexibility index (Phi) is 5.11. The number of hydrogen-bond acceptors (Lipinski definition) is 5. The summed E-state index contributed by atoms with van der Waals surface area (Å²) in [5, 5.41) is 3.98. The fraction of sp³-hybridized carbons (Fsp3) is 0.304. The first-order chi connectivity index (χ1) is 15.4. The molecule has 2 aliphatic heterocycles. The van der Waals surface area contributed by atoms with Crippen molar-refractivity contribution in [2.75, 3.05) is 32.6 Å². The SMILES string of the molecule is COc1ccc2c(c1)NC1(CCN(S(=O)(=O)c3ccc(OC)c(Cl)c3)CC1)c1cccn1-2. The monoisotopic (exact) mass is 473 g/mol. The molecule has 0 unspecified atom stereocenters. The molecule has 1 spiro atoms. The smallest absolute Gasteiger partial charge is 0.243 e. The molecule has 0 bridgehead atoms. The minimum Gasteiger partial charge on any atom is -0.497 e. The minimum atomic E-state index is -3.66. The molecule has 32 heavy (non-hydrogen) atoms. The number of ether oxygens (including phenoxy) is 2. The van der Waals surface area contributed by atoms with Gasteiger partial charge >= 0.3 is 0 Å². The predicted octanol–water partition coefficient (Wildman–Crippen LogP) is 4.25. The van der Waals surface area contributed by atoms with Gasteiger partial charge in [0.2, 0.25) is 10.0 Å². The molecule has 1 aromatic heterocycles. The van der Waals surface area contributed by atoms with Crippen LogP contribution in [0.2, 0.25) is 5.02 Å². The quantitative estimate of drug-likeness (QED) is 0.613. The molecule has 9 heteroatoms. The fourth-order valence-corrected chi connectivity index (χ4v) is 6.49. The summed E-state index contributed by atoms with van der Waals surface area (Å²) in [6.45, 7) is 0.785. The van der Waals surface area contributed by atoms with Gasteiger partial charge in [-0.1, -0.05) is 11.6 Å². The second-order valence-corrected chi connectivity index (χ2v) is 10.4. The van der Waals surface area contributed by atoms with Crippen molar-refractivity contribution in [2.45, 2.75) is 23.3 Å². The van der Waals surface area contributed by atoms with E-state index in [0.717, 1.165) is 22.8 Å². The number of fused-ring (bicyclic) bond motifs is 4. The van der Waals surface area contributed by atoms with Crippen molar-refractivity contribution < 1.29 is 17.9 Å². The number of benzene rings is 2. The number of nitrogens with zero attached hydrogens (tertiary/aromatic N) is 2. The van der Waals surface area contributed by atoms with E-state index < -0.39 is 10.0 Å². The Morgan fingerprint density at radius 2 is 1.81 bits per heavy atom. The van der Waals surface area contributed by atoms with E-state index in [-0.39, 0.29) is 15.5 Å². The summed E-state index contributed by atoms with van der Waals surface area (Å²) in [4.78, 5) is 0.175. The predicted molar refractivity (Wildman–Crippen MR) is 124 cm³/mol. The number of anilines is 1. The molecule has 0 atom stereocenters. The average Bonchev–Trinajstić information content (AvgIpc) is 3.30. The van der Waals surface area contributed by atoms with E-state index >= 15 is 0 Å². The Morgan fingerprint density at radius 3 is 2.50 bits per heavy atom. The van der Waals surface area contributed by atoms with Crippen LogP contribution in [0.4, 0.5) is 5.69 Å². The van der Waals surface area contributed by atoms with Crippen LogP contribution < -0.4 is 14.8 Å². The second-order valence-electron chi connectivity index (χ2n) is 8.05. The van der Waals surface area contributed by atoms with E-state index in [1.165, 1.54) is 23.5 Å². The number of piperidine rings is 1. The van der Waals surface area contributed by atoms with Gasteiger partial charge < -0.3 is 19.4 Å². The van der Waals surface area contributed by atoms with Crippen molar-refractivity contribution in [3.8, 4) is 17.2 Å². The molecule has 0 saturated carbocycles. The van der Waals surface area contributed by atoms with E-state index in [1.807, 2.05) is 30.5 Å². The molecule has 3 heterocycles. The van der Waals surface area contributed by atoms with E-state index in [4.69, 9.17) is 21.1 Å². The molecule has 2 aromatic carbocycles. The van der Waals surface area contributed by atoms with Gasteiger partial charge in [0.15, 0.2) is 0 Å². The molecular formula is C23H24ClN3O4S. The van der Waals surface area contributed by atoms with Crippen LogP contribution in [0.15, 0.2) is 59.6 Å². The summed E-state index contributed by atoms with van der Waals surface area (Å²) in [6.07, 6.45) is 3.32. The Labute approximate surface area is 192 Å². The van der Waals surface area contributed by atoms with Gasteiger partial charge in [0.25, 0.3) is 0 Å². The van der Waals surface area contributed by atoms with Crippen LogP contribution in [-0.2, 0) is 15.6 Å². The second kappa shape index (κ2) is 7.72. The number of methoxy groups -OCH3 is 2. The standard InChI is InChI=1S/C23H24ClN3O4S/c1-30-16-5-7-20-19(14-16)25-23(22-4-3-11-27(20)22)9-12-26(13-10-23)32(28,29)17-6-8-21(31-2)18(24)15-17/h3-8,11,14-15,25H,9-10,12-13H2,1-2H3. The van der Waals surface area contributed by atoms with Gasteiger partial charge in [-0.15, -0.1) is 0 Å². The summed E-state index contributed by atoms with van der Waals surface area (Å²) < 4.78 is 40.8. The highest BCUT2D eigenvalue weighted by molar-refractivity contribution is 7.89. The number of halogens is 1. The van der Waals surface area contributed by atoms with Crippen LogP contribution >= 0.6 is 11.6 Å². The molecular weight excluding hydrogens is 450 g/mol. The molecule has 2 aliphatic rings. The first-order valence-electron chi connectivity index (χ1n) is 10.4. The summed E-state index contributed by atoms with van der Waals surface area (Å²) in [5.74, 6) is 1.22. The summed E-state index contributed by atoms with van der Waals surface area (Å²) >= 11 is 6.18. The maximum atomic E-state index is 13.3. The lowest BCUT2D eigenvalue weighted by Gasteiger charge is -2.46. The Bertz CT molecular complexity index is 1280. The lowest BCUT2D eigenvalue weighted by atomic mass is 9.83. The normalized spacial score (nSPS) is 17.3. The maximum Gasteiger partial charge on any atom is 0.243 e. The lowest BCUT2D eigenvalue weighted by molar-refractivity contribution is 0.247. The van der Waals surface area contributed by atoms with Crippen LogP contribution in [0.1, 0.15) is 18.5 Å². The van der Waals surface area contributed by atoms with Gasteiger partial charge in [-0.25, -0.2) is 8.42 Å². The van der Waals surface area contributed by atoms with Crippen molar-refractivity contribution >= 4 is 27.3 Å². The molecule has 1 fully saturated rings. The maximum absolute atomic E-state index is 13.3. The Hall–Kier alpha value is -2.68. The van der Waals surface area contributed by atoms with Crippen LogP contribution in [0.3, 0.4) is 0 Å². The average molecular weight is 474 g/mol. The molecule has 0 aliphatic carbocycles. The van der Waals surface area contributed by atoms with Gasteiger partial charge in [-0.3, -0.25) is 0 Å². The molecule has 7 nitrogen and oxygen atoms in total. The summed E-state index contributed by atoms with van der Waals surface area (Å²) in [7, 11) is -0.512. The van der Waals surface area contributed by atoms with E-state index in [1.54, 1.807) is 13.2 Å². The largest absolute Gasteiger partial charge is 0.497 e. The van der Waals surface area contributed by atoms with Crippen LogP contribution in [0, 0.1) is 0 Å². The number of rotatable bonds is 4.